The Morgan fingerprint density at radius 2 is 1.65 bits per heavy atom. The molecule has 0 spiro atoms. The molecule has 3 heterocycles. The van der Waals surface area contributed by atoms with Crippen molar-refractivity contribution in [2.75, 3.05) is 29.9 Å². The third kappa shape index (κ3) is 3.82. The number of carbonyl (C=O) groups is 1. The second kappa shape index (κ2) is 8.10. The van der Waals surface area contributed by atoms with E-state index in [2.05, 4.69) is 0 Å². The molecule has 156 valence electrons. The van der Waals surface area contributed by atoms with Crippen LogP contribution in [0.1, 0.15) is 22.7 Å². The number of nitrogens with zero attached hydrogens (tertiary/aromatic N) is 4. The highest BCUT2D eigenvalue weighted by Gasteiger charge is 2.29. The van der Waals surface area contributed by atoms with Crippen LogP contribution in [0.4, 0.5) is 11.6 Å². The number of furan rings is 1. The molecule has 1 aliphatic heterocycles. The lowest BCUT2D eigenvalue weighted by atomic mass is 10.3. The van der Waals surface area contributed by atoms with Crippen molar-refractivity contribution < 1.29 is 13.9 Å². The number of aromatic nitrogens is 2. The zero-order valence-corrected chi connectivity index (χ0v) is 17.2. The summed E-state index contributed by atoms with van der Waals surface area (Å²) in [5.74, 6) is 2.62. The molecule has 2 aromatic heterocycles. The maximum Gasteiger partial charge on any atom is 0.295 e. The molecule has 0 saturated heterocycles. The Balaban J connectivity index is 1.42. The lowest BCUT2D eigenvalue weighted by Crippen LogP contribution is -2.32. The maximum atomic E-state index is 13.4. The van der Waals surface area contributed by atoms with Gasteiger partial charge in [-0.1, -0.05) is 30.3 Å². The van der Waals surface area contributed by atoms with Crippen LogP contribution in [0.15, 0.2) is 71.1 Å². The molecular formula is C24H22N4O3. The normalized spacial score (nSPS) is 13.7. The molecule has 31 heavy (non-hydrogen) atoms. The summed E-state index contributed by atoms with van der Waals surface area (Å²) < 4.78 is 11.5. The van der Waals surface area contributed by atoms with Crippen LogP contribution < -0.4 is 14.5 Å². The Morgan fingerprint density at radius 1 is 0.935 bits per heavy atom. The number of carbonyl (C=O) groups excluding carboxylic acids is 1. The van der Waals surface area contributed by atoms with E-state index in [1.807, 2.05) is 66.5 Å². The second-order valence-electron chi connectivity index (χ2n) is 7.46. The van der Waals surface area contributed by atoms with Gasteiger partial charge in [0.1, 0.15) is 18.1 Å². The van der Waals surface area contributed by atoms with Crippen LogP contribution in [0, 0.1) is 0 Å². The fourth-order valence-corrected chi connectivity index (χ4v) is 3.67. The largest absolute Gasteiger partial charge is 0.486 e. The Hall–Kier alpha value is -3.87. The van der Waals surface area contributed by atoms with Crippen molar-refractivity contribution in [1.82, 2.24) is 9.97 Å². The summed E-state index contributed by atoms with van der Waals surface area (Å²) in [5, 5.41) is 0. The Bertz CT molecular complexity index is 1220. The van der Waals surface area contributed by atoms with Gasteiger partial charge in [0.25, 0.3) is 5.91 Å². The van der Waals surface area contributed by atoms with Gasteiger partial charge in [-0.25, -0.2) is 9.97 Å². The molecular weight excluding hydrogens is 392 g/mol. The average molecular weight is 414 g/mol. The van der Waals surface area contributed by atoms with Crippen LogP contribution in [0.2, 0.25) is 0 Å². The summed E-state index contributed by atoms with van der Waals surface area (Å²) in [6, 6.07) is 20.6. The van der Waals surface area contributed by atoms with Gasteiger partial charge in [0.05, 0.1) is 11.0 Å². The summed E-state index contributed by atoms with van der Waals surface area (Å²) in [5.41, 5.74) is 1.56. The molecule has 0 atom stereocenters. The number of hydrogen-bond acceptors (Lipinski definition) is 6. The highest BCUT2D eigenvalue weighted by molar-refractivity contribution is 6.05. The van der Waals surface area contributed by atoms with Crippen molar-refractivity contribution in [3.8, 4) is 5.75 Å². The van der Waals surface area contributed by atoms with Crippen LogP contribution in [0.3, 0.4) is 0 Å². The zero-order valence-electron chi connectivity index (χ0n) is 17.2. The molecule has 0 fully saturated rings. The molecule has 1 aliphatic rings. The van der Waals surface area contributed by atoms with Crippen molar-refractivity contribution >= 4 is 28.6 Å². The number of anilines is 2. The minimum Gasteiger partial charge on any atom is -0.486 e. The Morgan fingerprint density at radius 3 is 2.42 bits per heavy atom. The third-order valence-corrected chi connectivity index (χ3v) is 5.27. The van der Waals surface area contributed by atoms with Gasteiger partial charge in [-0.15, -0.1) is 0 Å². The second-order valence-corrected chi connectivity index (χ2v) is 7.46. The molecule has 2 aromatic carbocycles. The van der Waals surface area contributed by atoms with E-state index in [1.165, 1.54) is 0 Å². The quantitative estimate of drug-likeness (QED) is 0.496. The van der Waals surface area contributed by atoms with Crippen molar-refractivity contribution in [1.29, 1.82) is 0 Å². The van der Waals surface area contributed by atoms with E-state index in [1.54, 1.807) is 17.0 Å². The van der Waals surface area contributed by atoms with Crippen molar-refractivity contribution in [3.05, 3.63) is 78.3 Å². The van der Waals surface area contributed by atoms with Gasteiger partial charge >= 0.3 is 0 Å². The number of fused-ring (bicyclic) bond motifs is 2. The van der Waals surface area contributed by atoms with Gasteiger partial charge in [-0.2, -0.15) is 0 Å². The number of rotatable bonds is 4. The van der Waals surface area contributed by atoms with E-state index < -0.39 is 0 Å². The van der Waals surface area contributed by atoms with E-state index in [9.17, 15) is 4.79 Å². The van der Waals surface area contributed by atoms with Gasteiger partial charge in [-0.3, -0.25) is 9.69 Å². The number of ether oxygens (including phenoxy) is 1. The standard InChI is InChI=1S/C24H22N4O3/c1-27-14-7-15-28(23-22(27)25-19-10-5-6-11-20(19)26-23)24(29)21-13-12-18(31-21)16-30-17-8-3-2-4-9-17/h2-6,8-13H,7,14-16H2,1H3. The number of para-hydroxylation sites is 3. The molecule has 1 amide bonds. The zero-order chi connectivity index (χ0) is 21.2. The van der Waals surface area contributed by atoms with Crippen LogP contribution in [0.25, 0.3) is 11.0 Å². The molecule has 0 radical (unpaired) electrons. The molecule has 4 aromatic rings. The van der Waals surface area contributed by atoms with Gasteiger partial charge in [0.15, 0.2) is 17.4 Å². The molecule has 0 bridgehead atoms. The van der Waals surface area contributed by atoms with Crippen molar-refractivity contribution in [3.63, 3.8) is 0 Å². The summed E-state index contributed by atoms with van der Waals surface area (Å²) in [6.45, 7) is 1.58. The average Bonchev–Trinajstić information content (AvgIpc) is 3.23. The number of benzene rings is 2. The highest BCUT2D eigenvalue weighted by Crippen LogP contribution is 2.31. The first-order valence-corrected chi connectivity index (χ1v) is 10.3. The topological polar surface area (TPSA) is 71.7 Å². The summed E-state index contributed by atoms with van der Waals surface area (Å²) in [4.78, 5) is 26.6. The number of amides is 1. The fourth-order valence-electron chi connectivity index (χ4n) is 3.67. The molecule has 7 nitrogen and oxygen atoms in total. The van der Waals surface area contributed by atoms with Crippen molar-refractivity contribution in [2.45, 2.75) is 13.0 Å². The molecule has 0 N–H and O–H groups in total. The van der Waals surface area contributed by atoms with Gasteiger partial charge < -0.3 is 14.1 Å². The van der Waals surface area contributed by atoms with E-state index in [-0.39, 0.29) is 18.3 Å². The van der Waals surface area contributed by atoms with E-state index in [0.29, 0.717) is 23.9 Å². The predicted molar refractivity (Wildman–Crippen MR) is 119 cm³/mol. The maximum absolute atomic E-state index is 13.4. The molecule has 5 rings (SSSR count). The minimum atomic E-state index is -0.230. The molecule has 0 aliphatic carbocycles. The van der Waals surface area contributed by atoms with Crippen LogP contribution in [-0.4, -0.2) is 36.0 Å². The summed E-state index contributed by atoms with van der Waals surface area (Å²) in [7, 11) is 1.97. The van der Waals surface area contributed by atoms with Crippen molar-refractivity contribution in [2.24, 2.45) is 0 Å². The first-order chi connectivity index (χ1) is 15.2. The minimum absolute atomic E-state index is 0.230. The smallest absolute Gasteiger partial charge is 0.295 e. The first kappa shape index (κ1) is 19.1. The first-order valence-electron chi connectivity index (χ1n) is 10.3. The molecule has 0 unspecified atom stereocenters. The van der Waals surface area contributed by atoms with Gasteiger partial charge in [0, 0.05) is 20.1 Å². The highest BCUT2D eigenvalue weighted by atomic mass is 16.5. The van der Waals surface area contributed by atoms with E-state index >= 15 is 0 Å². The number of hydrogen-bond donors (Lipinski definition) is 0. The van der Waals surface area contributed by atoms with Crippen LogP contribution in [-0.2, 0) is 6.61 Å². The van der Waals surface area contributed by atoms with Gasteiger partial charge in [0.2, 0.25) is 0 Å². The lowest BCUT2D eigenvalue weighted by molar-refractivity contribution is 0.0956. The SMILES string of the molecule is CN1CCCN(C(=O)c2ccc(COc3ccccc3)o2)c2nc3ccccc3nc21. The fraction of sp³-hybridized carbons (Fsp3) is 0.208. The molecule has 0 saturated carbocycles. The van der Waals surface area contributed by atoms with Gasteiger partial charge in [-0.05, 0) is 42.8 Å². The Kier molecular flexibility index (Phi) is 5.00. The van der Waals surface area contributed by atoms with E-state index in [4.69, 9.17) is 19.1 Å². The summed E-state index contributed by atoms with van der Waals surface area (Å²) >= 11 is 0. The monoisotopic (exact) mass is 414 g/mol. The van der Waals surface area contributed by atoms with E-state index in [0.717, 1.165) is 29.7 Å². The van der Waals surface area contributed by atoms with Crippen LogP contribution >= 0.6 is 0 Å². The summed E-state index contributed by atoms with van der Waals surface area (Å²) in [6.07, 6.45) is 0.807. The predicted octanol–water partition coefficient (Wildman–Crippen LogP) is 4.29. The molecule has 7 heteroatoms. The Labute approximate surface area is 179 Å². The lowest BCUT2D eigenvalue weighted by Gasteiger charge is -2.22. The third-order valence-electron chi connectivity index (χ3n) is 5.27. The van der Waals surface area contributed by atoms with Crippen LogP contribution in [0.5, 0.6) is 5.75 Å².